The summed E-state index contributed by atoms with van der Waals surface area (Å²) in [6.07, 6.45) is 1.64. The minimum atomic E-state index is -0.645. The van der Waals surface area contributed by atoms with Gasteiger partial charge in [0, 0.05) is 13.1 Å². The molecule has 8 heteroatoms. The van der Waals surface area contributed by atoms with Crippen LogP contribution in [0.3, 0.4) is 0 Å². The molecule has 1 aliphatic heterocycles. The van der Waals surface area contributed by atoms with Gasteiger partial charge in [-0.3, -0.25) is 4.79 Å². The molecular formula is C20H25N5O3. The summed E-state index contributed by atoms with van der Waals surface area (Å²) in [7, 11) is 0. The molecule has 2 aromatic rings. The number of alkyl carbamates (subject to hydrolysis) is 1. The van der Waals surface area contributed by atoms with Crippen molar-refractivity contribution in [3.63, 3.8) is 0 Å². The van der Waals surface area contributed by atoms with E-state index < -0.39 is 6.09 Å². The van der Waals surface area contributed by atoms with Crippen molar-refractivity contribution in [2.45, 2.75) is 33.3 Å². The fourth-order valence-corrected chi connectivity index (χ4v) is 3.05. The highest BCUT2D eigenvalue weighted by Gasteiger charge is 2.18. The van der Waals surface area contributed by atoms with E-state index in [1.165, 1.54) is 0 Å². The molecular weight excluding hydrogens is 358 g/mol. The first kappa shape index (κ1) is 19.6. The molecule has 2 amide bonds. The number of aromatic nitrogens is 2. The highest BCUT2D eigenvalue weighted by atomic mass is 16.5. The Morgan fingerprint density at radius 2 is 1.71 bits per heavy atom. The Morgan fingerprint density at radius 3 is 2.36 bits per heavy atom. The van der Waals surface area contributed by atoms with Crippen molar-refractivity contribution in [3.05, 3.63) is 47.3 Å². The van der Waals surface area contributed by atoms with Crippen LogP contribution in [0.5, 0.6) is 0 Å². The third-order valence-electron chi connectivity index (χ3n) is 4.52. The lowest BCUT2D eigenvalue weighted by molar-refractivity contribution is -0.115. The quantitative estimate of drug-likeness (QED) is 0.796. The summed E-state index contributed by atoms with van der Waals surface area (Å²) in [5.41, 5.74) is 2.86. The van der Waals surface area contributed by atoms with Gasteiger partial charge in [-0.15, -0.1) is 0 Å². The summed E-state index contributed by atoms with van der Waals surface area (Å²) in [6.45, 7) is 5.55. The second-order valence-corrected chi connectivity index (χ2v) is 6.73. The van der Waals surface area contributed by atoms with Crippen LogP contribution in [-0.2, 0) is 16.1 Å². The Hall–Kier alpha value is -3.16. The number of rotatable bonds is 6. The molecule has 0 bridgehead atoms. The molecule has 0 atom stereocenters. The molecule has 1 fully saturated rings. The highest BCUT2D eigenvalue weighted by Crippen LogP contribution is 2.22. The molecule has 1 saturated heterocycles. The van der Waals surface area contributed by atoms with E-state index in [2.05, 4.69) is 25.5 Å². The summed E-state index contributed by atoms with van der Waals surface area (Å²) in [4.78, 5) is 35.1. The second kappa shape index (κ2) is 9.16. The smallest absolute Gasteiger partial charge is 0.407 e. The standard InChI is InChI=1S/C20H25N5O3/c1-14-18(15(2)23-19(22-14)25-10-6-7-11-25)24-17(26)12-21-20(27)28-13-16-8-4-3-5-9-16/h3-5,8-9H,6-7,10-13H2,1-2H3,(H,21,27)(H,24,26). The van der Waals surface area contributed by atoms with Crippen LogP contribution in [0, 0.1) is 13.8 Å². The molecule has 3 rings (SSSR count). The SMILES string of the molecule is Cc1nc(N2CCCC2)nc(C)c1NC(=O)CNC(=O)OCc1ccccc1. The zero-order valence-electron chi connectivity index (χ0n) is 16.2. The monoisotopic (exact) mass is 383 g/mol. The molecule has 0 spiro atoms. The lowest BCUT2D eigenvalue weighted by atomic mass is 10.2. The number of aryl methyl sites for hydroxylation is 2. The third-order valence-corrected chi connectivity index (χ3v) is 4.52. The normalized spacial score (nSPS) is 13.3. The summed E-state index contributed by atoms with van der Waals surface area (Å²) < 4.78 is 5.09. The molecule has 0 unspecified atom stereocenters. The molecule has 1 aliphatic rings. The van der Waals surface area contributed by atoms with Gasteiger partial charge >= 0.3 is 6.09 Å². The number of carbonyl (C=O) groups excluding carboxylic acids is 2. The van der Waals surface area contributed by atoms with Crippen LogP contribution in [0.4, 0.5) is 16.4 Å². The van der Waals surface area contributed by atoms with Crippen molar-refractivity contribution >= 4 is 23.6 Å². The van der Waals surface area contributed by atoms with E-state index in [4.69, 9.17) is 4.74 Å². The van der Waals surface area contributed by atoms with Crippen molar-refractivity contribution in [1.82, 2.24) is 15.3 Å². The molecule has 1 aromatic heterocycles. The van der Waals surface area contributed by atoms with Gasteiger partial charge in [-0.1, -0.05) is 30.3 Å². The van der Waals surface area contributed by atoms with Crippen molar-refractivity contribution in [1.29, 1.82) is 0 Å². The van der Waals surface area contributed by atoms with Crippen LogP contribution < -0.4 is 15.5 Å². The van der Waals surface area contributed by atoms with Crippen molar-refractivity contribution < 1.29 is 14.3 Å². The first-order chi connectivity index (χ1) is 13.5. The van der Waals surface area contributed by atoms with E-state index in [1.54, 1.807) is 0 Å². The van der Waals surface area contributed by atoms with E-state index in [-0.39, 0.29) is 19.1 Å². The predicted molar refractivity (Wildman–Crippen MR) is 106 cm³/mol. The van der Waals surface area contributed by atoms with Gasteiger partial charge < -0.3 is 20.3 Å². The Balaban J connectivity index is 1.49. The maximum atomic E-state index is 12.2. The average molecular weight is 383 g/mol. The Labute approximate surface area is 164 Å². The molecule has 0 aliphatic carbocycles. The maximum absolute atomic E-state index is 12.2. The van der Waals surface area contributed by atoms with Crippen LogP contribution >= 0.6 is 0 Å². The first-order valence-corrected chi connectivity index (χ1v) is 9.37. The lowest BCUT2D eigenvalue weighted by Gasteiger charge is -2.18. The molecule has 2 N–H and O–H groups in total. The maximum Gasteiger partial charge on any atom is 0.407 e. The molecule has 8 nitrogen and oxygen atoms in total. The number of carbonyl (C=O) groups is 2. The minimum Gasteiger partial charge on any atom is -0.445 e. The fraction of sp³-hybridized carbons (Fsp3) is 0.400. The predicted octanol–water partition coefficient (Wildman–Crippen LogP) is 2.56. The summed E-state index contributed by atoms with van der Waals surface area (Å²) in [5.74, 6) is 0.341. The second-order valence-electron chi connectivity index (χ2n) is 6.73. The van der Waals surface area contributed by atoms with Crippen LogP contribution in [0.2, 0.25) is 0 Å². The van der Waals surface area contributed by atoms with Crippen LogP contribution in [-0.4, -0.2) is 41.6 Å². The Morgan fingerprint density at radius 1 is 1.07 bits per heavy atom. The zero-order valence-corrected chi connectivity index (χ0v) is 16.2. The van der Waals surface area contributed by atoms with Gasteiger partial charge in [-0.05, 0) is 32.3 Å². The van der Waals surface area contributed by atoms with Gasteiger partial charge in [-0.2, -0.15) is 0 Å². The van der Waals surface area contributed by atoms with Crippen LogP contribution in [0.15, 0.2) is 30.3 Å². The van der Waals surface area contributed by atoms with Crippen molar-refractivity contribution in [2.75, 3.05) is 29.9 Å². The van der Waals surface area contributed by atoms with Gasteiger partial charge in [0.1, 0.15) is 13.2 Å². The summed E-state index contributed by atoms with van der Waals surface area (Å²) in [6, 6.07) is 9.34. The Bertz CT molecular complexity index is 812. The summed E-state index contributed by atoms with van der Waals surface area (Å²) in [5, 5.41) is 5.22. The molecule has 2 heterocycles. The first-order valence-electron chi connectivity index (χ1n) is 9.37. The lowest BCUT2D eigenvalue weighted by Crippen LogP contribution is -2.33. The number of nitrogens with zero attached hydrogens (tertiary/aromatic N) is 3. The van der Waals surface area contributed by atoms with E-state index in [1.807, 2.05) is 44.2 Å². The molecule has 28 heavy (non-hydrogen) atoms. The summed E-state index contributed by atoms with van der Waals surface area (Å²) >= 11 is 0. The van der Waals surface area contributed by atoms with Crippen molar-refractivity contribution in [3.8, 4) is 0 Å². The zero-order chi connectivity index (χ0) is 19.9. The van der Waals surface area contributed by atoms with Gasteiger partial charge in [-0.25, -0.2) is 14.8 Å². The van der Waals surface area contributed by atoms with Crippen molar-refractivity contribution in [2.24, 2.45) is 0 Å². The number of anilines is 2. The number of ether oxygens (including phenoxy) is 1. The average Bonchev–Trinajstić information content (AvgIpc) is 3.23. The third kappa shape index (κ3) is 5.18. The van der Waals surface area contributed by atoms with Gasteiger partial charge in [0.25, 0.3) is 0 Å². The topological polar surface area (TPSA) is 96.5 Å². The number of hydrogen-bond donors (Lipinski definition) is 2. The molecule has 1 aromatic carbocycles. The number of amides is 2. The number of hydrogen-bond acceptors (Lipinski definition) is 6. The highest BCUT2D eigenvalue weighted by molar-refractivity contribution is 5.94. The minimum absolute atomic E-state index is 0.151. The van der Waals surface area contributed by atoms with E-state index in [0.717, 1.165) is 31.5 Å². The molecule has 0 saturated carbocycles. The molecule has 0 radical (unpaired) electrons. The van der Waals surface area contributed by atoms with E-state index in [0.29, 0.717) is 23.0 Å². The number of benzene rings is 1. The molecule has 148 valence electrons. The van der Waals surface area contributed by atoms with E-state index in [9.17, 15) is 9.59 Å². The van der Waals surface area contributed by atoms with E-state index >= 15 is 0 Å². The van der Waals surface area contributed by atoms with Gasteiger partial charge in [0.05, 0.1) is 17.1 Å². The largest absolute Gasteiger partial charge is 0.445 e. The fourth-order valence-electron chi connectivity index (χ4n) is 3.05. The van der Waals surface area contributed by atoms with Crippen LogP contribution in [0.1, 0.15) is 29.8 Å². The Kier molecular flexibility index (Phi) is 6.41. The van der Waals surface area contributed by atoms with Gasteiger partial charge in [0.2, 0.25) is 11.9 Å². The van der Waals surface area contributed by atoms with Gasteiger partial charge in [0.15, 0.2) is 0 Å². The number of nitrogens with one attached hydrogen (secondary N) is 2. The van der Waals surface area contributed by atoms with Crippen LogP contribution in [0.25, 0.3) is 0 Å².